The van der Waals surface area contributed by atoms with E-state index in [2.05, 4.69) is 21.9 Å². The van der Waals surface area contributed by atoms with Crippen LogP contribution in [0.15, 0.2) is 53.3 Å². The molecule has 3 aromatic rings. The maximum absolute atomic E-state index is 11.5. The van der Waals surface area contributed by atoms with E-state index in [1.54, 1.807) is 22.9 Å². The number of nitrogens with one attached hydrogen (secondary N) is 1. The van der Waals surface area contributed by atoms with Crippen molar-refractivity contribution in [3.8, 4) is 23.0 Å². The number of nitrogens with zero attached hydrogens (tertiary/aromatic N) is 2. The number of benzene rings is 2. The van der Waals surface area contributed by atoms with Crippen LogP contribution in [0.4, 0.5) is 0 Å². The van der Waals surface area contributed by atoms with Gasteiger partial charge in [-0.1, -0.05) is 55.3 Å². The Hall–Kier alpha value is -3.59. The minimum atomic E-state index is -0.959. The van der Waals surface area contributed by atoms with Gasteiger partial charge in [-0.25, -0.2) is 14.7 Å². The first-order chi connectivity index (χ1) is 12.6. The van der Waals surface area contributed by atoms with Gasteiger partial charge in [-0.05, 0) is 28.7 Å². The van der Waals surface area contributed by atoms with Crippen LogP contribution in [0.3, 0.4) is 0 Å². The highest BCUT2D eigenvalue weighted by Gasteiger charge is 2.11. The van der Waals surface area contributed by atoms with Gasteiger partial charge in [0, 0.05) is 6.42 Å². The van der Waals surface area contributed by atoms with Crippen molar-refractivity contribution in [2.75, 3.05) is 0 Å². The molecule has 0 aliphatic rings. The van der Waals surface area contributed by atoms with E-state index in [0.717, 1.165) is 11.1 Å². The third-order valence-corrected chi connectivity index (χ3v) is 3.83. The molecule has 130 valence electrons. The Morgan fingerprint density at radius 1 is 1.19 bits per heavy atom. The third kappa shape index (κ3) is 3.73. The highest BCUT2D eigenvalue weighted by Crippen LogP contribution is 2.24. The van der Waals surface area contributed by atoms with Crippen LogP contribution in [0.25, 0.3) is 11.1 Å². The number of H-pyrrole nitrogens is 1. The minimum Gasteiger partial charge on any atom is -0.478 e. The molecule has 26 heavy (non-hydrogen) atoms. The summed E-state index contributed by atoms with van der Waals surface area (Å²) in [6.07, 6.45) is 0.679. The van der Waals surface area contributed by atoms with Crippen LogP contribution in [0.1, 0.15) is 35.1 Å². The Bertz CT molecular complexity index is 1050. The topological polar surface area (TPSA) is 88.0 Å². The Balaban J connectivity index is 1.88. The summed E-state index contributed by atoms with van der Waals surface area (Å²) in [6.45, 7) is 2.35. The van der Waals surface area contributed by atoms with Crippen molar-refractivity contribution in [2.24, 2.45) is 0 Å². The van der Waals surface area contributed by atoms with E-state index in [9.17, 15) is 14.7 Å². The number of carbonyl (C=O) groups is 1. The highest BCUT2D eigenvalue weighted by atomic mass is 16.4. The van der Waals surface area contributed by atoms with Crippen molar-refractivity contribution >= 4 is 5.97 Å². The molecular formula is C20H17N3O3. The van der Waals surface area contributed by atoms with Crippen LogP contribution in [-0.4, -0.2) is 25.8 Å². The van der Waals surface area contributed by atoms with E-state index >= 15 is 0 Å². The second kappa shape index (κ2) is 7.53. The van der Waals surface area contributed by atoms with Crippen LogP contribution in [0.2, 0.25) is 0 Å². The molecule has 6 nitrogen and oxygen atoms in total. The fraction of sp³-hybridized carbons (Fsp3) is 0.150. The summed E-state index contributed by atoms with van der Waals surface area (Å²) in [7, 11) is 0. The summed E-state index contributed by atoms with van der Waals surface area (Å²) in [5.74, 6) is 5.21. The molecule has 0 fully saturated rings. The number of aromatic nitrogens is 3. The first-order valence-corrected chi connectivity index (χ1v) is 8.16. The SMILES string of the molecule is CCC#Cc1nc(=O)[nH]n1Cc1ccc(-c2ccccc2C(=O)O)cc1. The molecule has 0 radical (unpaired) electrons. The Labute approximate surface area is 150 Å². The summed E-state index contributed by atoms with van der Waals surface area (Å²) >= 11 is 0. The standard InChI is InChI=1S/C20H17N3O3/c1-2-3-8-18-21-20(26)22-23(18)13-14-9-11-15(12-10-14)16-6-4-5-7-17(16)19(24)25/h4-7,9-12H,2,13H2,1H3,(H,22,26)(H,24,25). The number of hydrogen-bond donors (Lipinski definition) is 2. The van der Waals surface area contributed by atoms with Gasteiger partial charge in [0.2, 0.25) is 5.82 Å². The average Bonchev–Trinajstić information content (AvgIpc) is 2.99. The molecule has 6 heteroatoms. The Morgan fingerprint density at radius 3 is 2.62 bits per heavy atom. The molecule has 0 atom stereocenters. The summed E-state index contributed by atoms with van der Waals surface area (Å²) in [5, 5.41) is 12.0. The van der Waals surface area contributed by atoms with Crippen molar-refractivity contribution in [3.63, 3.8) is 0 Å². The number of hydrogen-bond acceptors (Lipinski definition) is 3. The summed E-state index contributed by atoms with van der Waals surface area (Å²) in [4.78, 5) is 26.7. The van der Waals surface area contributed by atoms with E-state index in [-0.39, 0.29) is 5.56 Å². The van der Waals surface area contributed by atoms with Gasteiger partial charge in [-0.2, -0.15) is 4.98 Å². The molecule has 0 saturated carbocycles. The fourth-order valence-electron chi connectivity index (χ4n) is 2.62. The maximum atomic E-state index is 11.5. The van der Waals surface area contributed by atoms with Gasteiger partial charge in [0.05, 0.1) is 12.1 Å². The molecule has 0 amide bonds. The molecule has 0 bridgehead atoms. The largest absolute Gasteiger partial charge is 0.478 e. The highest BCUT2D eigenvalue weighted by molar-refractivity contribution is 5.95. The van der Waals surface area contributed by atoms with E-state index < -0.39 is 11.7 Å². The molecular weight excluding hydrogens is 330 g/mol. The molecule has 0 aliphatic heterocycles. The molecule has 3 rings (SSSR count). The fourth-order valence-corrected chi connectivity index (χ4v) is 2.62. The van der Waals surface area contributed by atoms with Crippen LogP contribution in [0.5, 0.6) is 0 Å². The zero-order valence-corrected chi connectivity index (χ0v) is 14.2. The van der Waals surface area contributed by atoms with Crippen LogP contribution < -0.4 is 5.69 Å². The summed E-state index contributed by atoms with van der Waals surface area (Å²) < 4.78 is 1.60. The van der Waals surface area contributed by atoms with Gasteiger partial charge in [0.15, 0.2) is 0 Å². The van der Waals surface area contributed by atoms with Crippen LogP contribution >= 0.6 is 0 Å². The quantitative estimate of drug-likeness (QED) is 0.710. The van der Waals surface area contributed by atoms with E-state index in [1.807, 2.05) is 37.3 Å². The number of aromatic carboxylic acids is 1. The smallest absolute Gasteiger partial charge is 0.362 e. The van der Waals surface area contributed by atoms with Crippen molar-refractivity contribution < 1.29 is 9.90 Å². The lowest BCUT2D eigenvalue weighted by Gasteiger charge is -2.08. The van der Waals surface area contributed by atoms with E-state index in [4.69, 9.17) is 0 Å². The number of rotatable bonds is 4. The maximum Gasteiger partial charge on any atom is 0.362 e. The molecule has 0 spiro atoms. The molecule has 1 heterocycles. The Morgan fingerprint density at radius 2 is 1.92 bits per heavy atom. The van der Waals surface area contributed by atoms with E-state index in [1.165, 1.54) is 0 Å². The van der Waals surface area contributed by atoms with Crippen molar-refractivity contribution in [1.82, 2.24) is 14.8 Å². The number of aromatic amines is 1. The van der Waals surface area contributed by atoms with Gasteiger partial charge >= 0.3 is 11.7 Å². The van der Waals surface area contributed by atoms with Gasteiger partial charge in [-0.3, -0.25) is 4.68 Å². The third-order valence-electron chi connectivity index (χ3n) is 3.83. The predicted molar refractivity (Wildman–Crippen MR) is 98.0 cm³/mol. The molecule has 2 N–H and O–H groups in total. The lowest BCUT2D eigenvalue weighted by Crippen LogP contribution is -2.08. The van der Waals surface area contributed by atoms with Gasteiger partial charge in [0.25, 0.3) is 0 Å². The van der Waals surface area contributed by atoms with Gasteiger partial charge in [0.1, 0.15) is 0 Å². The Kier molecular flexibility index (Phi) is 4.99. The average molecular weight is 347 g/mol. The van der Waals surface area contributed by atoms with Crippen molar-refractivity contribution in [2.45, 2.75) is 19.9 Å². The van der Waals surface area contributed by atoms with Crippen molar-refractivity contribution in [1.29, 1.82) is 0 Å². The molecule has 0 saturated heterocycles. The lowest BCUT2D eigenvalue weighted by atomic mass is 9.99. The zero-order valence-electron chi connectivity index (χ0n) is 14.2. The minimum absolute atomic E-state index is 0.260. The molecule has 0 unspecified atom stereocenters. The zero-order chi connectivity index (χ0) is 18.5. The second-order valence-electron chi connectivity index (χ2n) is 5.64. The second-order valence-corrected chi connectivity index (χ2v) is 5.64. The number of carboxylic acid groups (broad SMARTS) is 1. The molecule has 0 aliphatic carbocycles. The first-order valence-electron chi connectivity index (χ1n) is 8.16. The van der Waals surface area contributed by atoms with Gasteiger partial charge < -0.3 is 5.11 Å². The van der Waals surface area contributed by atoms with E-state index in [0.29, 0.717) is 24.4 Å². The lowest BCUT2D eigenvalue weighted by molar-refractivity contribution is 0.0697. The first kappa shape index (κ1) is 17.2. The number of carboxylic acids is 1. The monoisotopic (exact) mass is 347 g/mol. The summed E-state index contributed by atoms with van der Waals surface area (Å²) in [6, 6.07) is 14.4. The van der Waals surface area contributed by atoms with Crippen LogP contribution in [-0.2, 0) is 6.54 Å². The van der Waals surface area contributed by atoms with Crippen molar-refractivity contribution in [3.05, 3.63) is 76.0 Å². The molecule has 1 aromatic heterocycles. The molecule has 2 aromatic carbocycles. The predicted octanol–water partition coefficient (Wildman–Crippen LogP) is 2.75. The summed E-state index contributed by atoms with van der Waals surface area (Å²) in [5.41, 5.74) is 2.25. The van der Waals surface area contributed by atoms with Crippen LogP contribution in [0, 0.1) is 11.8 Å². The van der Waals surface area contributed by atoms with Gasteiger partial charge in [-0.15, -0.1) is 0 Å². The normalized spacial score (nSPS) is 10.2.